The molecule has 0 aliphatic carbocycles. The number of aromatic nitrogens is 4. The molecule has 3 rings (SSSR count). The Morgan fingerprint density at radius 3 is 2.78 bits per heavy atom. The van der Waals surface area contributed by atoms with Gasteiger partial charge in [0.15, 0.2) is 11.5 Å². The summed E-state index contributed by atoms with van der Waals surface area (Å²) in [5, 5.41) is 7.37. The molecule has 0 radical (unpaired) electrons. The molecule has 0 saturated heterocycles. The summed E-state index contributed by atoms with van der Waals surface area (Å²) in [6.45, 7) is 6.08. The predicted octanol–water partition coefficient (Wildman–Crippen LogP) is 3.17. The third kappa shape index (κ3) is 3.36. The summed E-state index contributed by atoms with van der Waals surface area (Å²) in [6, 6.07) is 5.58. The van der Waals surface area contributed by atoms with Crippen molar-refractivity contribution in [3.05, 3.63) is 43.0 Å². The molecular formula is C17H19N5O. The first-order chi connectivity index (χ1) is 10.9. The zero-order chi connectivity index (χ0) is 16.4. The molecule has 0 spiro atoms. The summed E-state index contributed by atoms with van der Waals surface area (Å²) >= 11 is 0. The number of carbonyl (C=O) groups is 1. The van der Waals surface area contributed by atoms with E-state index in [1.807, 2.05) is 39.1 Å². The van der Waals surface area contributed by atoms with Crippen molar-refractivity contribution in [2.45, 2.75) is 27.2 Å². The second-order valence-electron chi connectivity index (χ2n) is 6.64. The lowest BCUT2D eigenvalue weighted by Crippen LogP contribution is -2.20. The topological polar surface area (TPSA) is 72.2 Å². The van der Waals surface area contributed by atoms with Crippen LogP contribution in [0.3, 0.4) is 0 Å². The van der Waals surface area contributed by atoms with Crippen LogP contribution in [0.4, 0.5) is 5.82 Å². The van der Waals surface area contributed by atoms with Gasteiger partial charge in [0.1, 0.15) is 0 Å². The van der Waals surface area contributed by atoms with Gasteiger partial charge in [-0.1, -0.05) is 26.8 Å². The van der Waals surface area contributed by atoms with E-state index in [9.17, 15) is 4.79 Å². The number of nitrogens with one attached hydrogen (secondary N) is 1. The van der Waals surface area contributed by atoms with E-state index in [-0.39, 0.29) is 11.3 Å². The summed E-state index contributed by atoms with van der Waals surface area (Å²) in [7, 11) is 0. The molecule has 118 valence electrons. The molecule has 1 amide bonds. The highest BCUT2D eigenvalue weighted by Crippen LogP contribution is 2.31. The van der Waals surface area contributed by atoms with E-state index in [2.05, 4.69) is 20.4 Å². The largest absolute Gasteiger partial charge is 0.309 e. The molecule has 0 atom stereocenters. The molecule has 6 heteroatoms. The Kier molecular flexibility index (Phi) is 3.82. The Morgan fingerprint density at radius 2 is 2.09 bits per heavy atom. The van der Waals surface area contributed by atoms with Gasteiger partial charge < -0.3 is 5.32 Å². The Morgan fingerprint density at radius 1 is 1.26 bits per heavy atom. The summed E-state index contributed by atoms with van der Waals surface area (Å²) in [5.74, 6) is 0.442. The van der Waals surface area contributed by atoms with Crippen molar-refractivity contribution >= 4 is 17.4 Å². The maximum Gasteiger partial charge on any atom is 0.226 e. The van der Waals surface area contributed by atoms with Gasteiger partial charge in [-0.2, -0.15) is 0 Å². The number of hydrogen-bond acceptors (Lipinski definition) is 4. The monoisotopic (exact) mass is 309 g/mol. The van der Waals surface area contributed by atoms with Gasteiger partial charge in [0.2, 0.25) is 5.91 Å². The molecule has 1 N–H and O–H groups in total. The number of fused-ring (bicyclic) bond motifs is 1. The normalized spacial score (nSPS) is 11.6. The standard InChI is InChI=1S/C17H19N5O/c1-17(2,3)10-13(23)20-15-14(12-6-4-7-18-11-12)16-19-8-5-9-22(16)21-15/h4-9,11H,10H2,1-3H3,(H,20,21,23). The summed E-state index contributed by atoms with van der Waals surface area (Å²) in [5.41, 5.74) is 2.25. The maximum atomic E-state index is 12.3. The van der Waals surface area contributed by atoms with Gasteiger partial charge in [-0.25, -0.2) is 9.50 Å². The van der Waals surface area contributed by atoms with Crippen LogP contribution in [-0.4, -0.2) is 25.5 Å². The fraction of sp³-hybridized carbons (Fsp3) is 0.294. The fourth-order valence-electron chi connectivity index (χ4n) is 2.41. The van der Waals surface area contributed by atoms with E-state index in [0.717, 1.165) is 11.1 Å². The van der Waals surface area contributed by atoms with Gasteiger partial charge in [0.25, 0.3) is 0 Å². The first kappa shape index (κ1) is 15.1. The maximum absolute atomic E-state index is 12.3. The second-order valence-corrected chi connectivity index (χ2v) is 6.64. The molecule has 0 aliphatic heterocycles. The SMILES string of the molecule is CC(C)(C)CC(=O)Nc1nn2cccnc2c1-c1cccnc1. The van der Waals surface area contributed by atoms with Crippen LogP contribution >= 0.6 is 0 Å². The molecule has 3 aromatic rings. The lowest BCUT2D eigenvalue weighted by Gasteiger charge is -2.16. The molecular weight excluding hydrogens is 290 g/mol. The van der Waals surface area contributed by atoms with Crippen LogP contribution in [0.1, 0.15) is 27.2 Å². The first-order valence-electron chi connectivity index (χ1n) is 7.48. The average Bonchev–Trinajstić information content (AvgIpc) is 2.83. The number of rotatable bonds is 3. The zero-order valence-electron chi connectivity index (χ0n) is 13.4. The summed E-state index contributed by atoms with van der Waals surface area (Å²) in [4.78, 5) is 20.8. The van der Waals surface area contributed by atoms with Crippen molar-refractivity contribution in [2.75, 3.05) is 5.32 Å². The lowest BCUT2D eigenvalue weighted by atomic mass is 9.92. The number of pyridine rings is 1. The molecule has 0 saturated carbocycles. The highest BCUT2D eigenvalue weighted by molar-refractivity contribution is 5.97. The third-order valence-electron chi connectivity index (χ3n) is 3.29. The van der Waals surface area contributed by atoms with Crippen molar-refractivity contribution in [1.29, 1.82) is 0 Å². The smallest absolute Gasteiger partial charge is 0.226 e. The fourth-order valence-corrected chi connectivity index (χ4v) is 2.41. The Hall–Kier alpha value is -2.76. The molecule has 0 aromatic carbocycles. The van der Waals surface area contributed by atoms with E-state index in [1.54, 1.807) is 29.2 Å². The number of nitrogens with zero attached hydrogens (tertiary/aromatic N) is 4. The van der Waals surface area contributed by atoms with Crippen molar-refractivity contribution in [1.82, 2.24) is 19.6 Å². The Labute approximate surface area is 134 Å². The van der Waals surface area contributed by atoms with Crippen LogP contribution in [0.25, 0.3) is 16.8 Å². The number of carbonyl (C=O) groups excluding carboxylic acids is 1. The Bertz CT molecular complexity index is 833. The molecule has 0 unspecified atom stereocenters. The average molecular weight is 309 g/mol. The van der Waals surface area contributed by atoms with Gasteiger partial charge >= 0.3 is 0 Å². The van der Waals surface area contributed by atoms with Crippen molar-refractivity contribution in [3.8, 4) is 11.1 Å². The van der Waals surface area contributed by atoms with Crippen LogP contribution in [0.2, 0.25) is 0 Å². The van der Waals surface area contributed by atoms with Crippen LogP contribution in [-0.2, 0) is 4.79 Å². The van der Waals surface area contributed by atoms with Crippen LogP contribution < -0.4 is 5.32 Å². The molecule has 0 aliphatic rings. The van der Waals surface area contributed by atoms with Gasteiger partial charge in [-0.3, -0.25) is 9.78 Å². The van der Waals surface area contributed by atoms with Crippen molar-refractivity contribution < 1.29 is 4.79 Å². The molecule has 0 fully saturated rings. The predicted molar refractivity (Wildman–Crippen MR) is 88.9 cm³/mol. The van der Waals surface area contributed by atoms with E-state index < -0.39 is 0 Å². The van der Waals surface area contributed by atoms with E-state index in [4.69, 9.17) is 0 Å². The quantitative estimate of drug-likeness (QED) is 0.806. The third-order valence-corrected chi connectivity index (χ3v) is 3.29. The zero-order valence-corrected chi connectivity index (χ0v) is 13.4. The highest BCUT2D eigenvalue weighted by Gasteiger charge is 2.21. The summed E-state index contributed by atoms with van der Waals surface area (Å²) in [6.07, 6.45) is 7.38. The minimum absolute atomic E-state index is 0.0638. The van der Waals surface area contributed by atoms with E-state index in [1.165, 1.54) is 0 Å². The summed E-state index contributed by atoms with van der Waals surface area (Å²) < 4.78 is 1.66. The minimum atomic E-state index is -0.0873. The molecule has 3 aromatic heterocycles. The number of anilines is 1. The van der Waals surface area contributed by atoms with Gasteiger partial charge in [0.05, 0.1) is 5.56 Å². The van der Waals surface area contributed by atoms with Gasteiger partial charge in [-0.15, -0.1) is 5.10 Å². The van der Waals surface area contributed by atoms with Crippen LogP contribution in [0, 0.1) is 5.41 Å². The molecule has 6 nitrogen and oxygen atoms in total. The highest BCUT2D eigenvalue weighted by atomic mass is 16.1. The van der Waals surface area contributed by atoms with Gasteiger partial charge in [-0.05, 0) is 17.5 Å². The molecule has 23 heavy (non-hydrogen) atoms. The Balaban J connectivity index is 2.05. The number of hydrogen-bond donors (Lipinski definition) is 1. The van der Waals surface area contributed by atoms with Crippen molar-refractivity contribution in [2.24, 2.45) is 5.41 Å². The van der Waals surface area contributed by atoms with Crippen molar-refractivity contribution in [3.63, 3.8) is 0 Å². The van der Waals surface area contributed by atoms with Gasteiger partial charge in [0, 0.05) is 36.8 Å². The first-order valence-corrected chi connectivity index (χ1v) is 7.48. The molecule has 0 bridgehead atoms. The lowest BCUT2D eigenvalue weighted by molar-refractivity contribution is -0.117. The van der Waals surface area contributed by atoms with Crippen LogP contribution in [0.15, 0.2) is 43.0 Å². The van der Waals surface area contributed by atoms with E-state index in [0.29, 0.717) is 17.9 Å². The van der Waals surface area contributed by atoms with Crippen LogP contribution in [0.5, 0.6) is 0 Å². The number of amides is 1. The minimum Gasteiger partial charge on any atom is -0.309 e. The van der Waals surface area contributed by atoms with E-state index >= 15 is 0 Å². The second kappa shape index (κ2) is 5.79. The molecule has 3 heterocycles.